The minimum absolute atomic E-state index is 0.111. The molecule has 0 fully saturated rings. The molecule has 1 aliphatic rings. The Balaban J connectivity index is 1.67. The van der Waals surface area contributed by atoms with Crippen LogP contribution in [0.1, 0.15) is 22.5 Å². The number of carbonyl (C=O) groups excluding carboxylic acids is 1. The Bertz CT molecular complexity index is 651. The number of methoxy groups -OCH3 is 1. The second-order valence-electron chi connectivity index (χ2n) is 4.93. The van der Waals surface area contributed by atoms with Crippen molar-refractivity contribution >= 4 is 11.9 Å². The Kier molecular flexibility index (Phi) is 3.77. The standard InChI is InChI=1S/C15H18N4O2/c1-21-12-5-2-4-11(8-12)9-17-14(20)13-10-18-15-16-6-3-7-19(13)15/h2,4-5,8,10H,3,6-7,9H2,1H3,(H,16,18)(H,17,20). The Morgan fingerprint density at radius 2 is 2.43 bits per heavy atom. The molecule has 0 atom stereocenters. The molecule has 0 bridgehead atoms. The first-order valence-electron chi connectivity index (χ1n) is 6.98. The molecule has 1 aliphatic heterocycles. The van der Waals surface area contributed by atoms with Crippen LogP contribution in [0.5, 0.6) is 5.75 Å². The molecule has 1 amide bonds. The van der Waals surface area contributed by atoms with Crippen LogP contribution in [0.4, 0.5) is 5.95 Å². The monoisotopic (exact) mass is 286 g/mol. The van der Waals surface area contributed by atoms with Crippen molar-refractivity contribution in [1.82, 2.24) is 14.9 Å². The molecule has 21 heavy (non-hydrogen) atoms. The molecule has 110 valence electrons. The third-order valence-electron chi connectivity index (χ3n) is 3.52. The largest absolute Gasteiger partial charge is 0.497 e. The highest BCUT2D eigenvalue weighted by molar-refractivity contribution is 5.93. The van der Waals surface area contributed by atoms with Gasteiger partial charge in [0.05, 0.1) is 13.3 Å². The number of imidazole rings is 1. The van der Waals surface area contributed by atoms with E-state index in [2.05, 4.69) is 15.6 Å². The second kappa shape index (κ2) is 5.87. The maximum atomic E-state index is 12.3. The van der Waals surface area contributed by atoms with E-state index >= 15 is 0 Å². The molecular weight excluding hydrogens is 268 g/mol. The first-order valence-corrected chi connectivity index (χ1v) is 6.98. The normalized spacial score (nSPS) is 13.2. The van der Waals surface area contributed by atoms with Crippen LogP contribution < -0.4 is 15.4 Å². The zero-order chi connectivity index (χ0) is 14.7. The number of benzene rings is 1. The summed E-state index contributed by atoms with van der Waals surface area (Å²) in [5, 5.41) is 6.10. The third kappa shape index (κ3) is 2.84. The minimum atomic E-state index is -0.111. The molecule has 3 rings (SSSR count). The first-order chi connectivity index (χ1) is 10.3. The number of aromatic nitrogens is 2. The molecule has 0 saturated heterocycles. The molecule has 0 saturated carbocycles. The lowest BCUT2D eigenvalue weighted by atomic mass is 10.2. The zero-order valence-electron chi connectivity index (χ0n) is 11.9. The number of ether oxygens (including phenoxy) is 1. The number of carbonyl (C=O) groups is 1. The van der Waals surface area contributed by atoms with E-state index in [4.69, 9.17) is 4.74 Å². The lowest BCUT2D eigenvalue weighted by Crippen LogP contribution is -2.27. The summed E-state index contributed by atoms with van der Waals surface area (Å²) in [4.78, 5) is 16.5. The summed E-state index contributed by atoms with van der Waals surface area (Å²) in [7, 11) is 1.63. The van der Waals surface area contributed by atoms with Gasteiger partial charge in [-0.3, -0.25) is 4.79 Å². The van der Waals surface area contributed by atoms with Crippen molar-refractivity contribution in [3.8, 4) is 5.75 Å². The summed E-state index contributed by atoms with van der Waals surface area (Å²) in [5.74, 6) is 1.45. The highest BCUT2D eigenvalue weighted by atomic mass is 16.5. The summed E-state index contributed by atoms with van der Waals surface area (Å²) in [5.41, 5.74) is 1.60. The van der Waals surface area contributed by atoms with Gasteiger partial charge in [-0.2, -0.15) is 0 Å². The van der Waals surface area contributed by atoms with E-state index in [0.717, 1.165) is 36.8 Å². The highest BCUT2D eigenvalue weighted by Crippen LogP contribution is 2.16. The van der Waals surface area contributed by atoms with Crippen LogP contribution in [-0.2, 0) is 13.1 Å². The Hall–Kier alpha value is -2.50. The minimum Gasteiger partial charge on any atom is -0.497 e. The Labute approximate surface area is 123 Å². The van der Waals surface area contributed by atoms with E-state index in [1.807, 2.05) is 28.8 Å². The van der Waals surface area contributed by atoms with Gasteiger partial charge in [0.15, 0.2) is 0 Å². The molecule has 1 aromatic carbocycles. The van der Waals surface area contributed by atoms with Gasteiger partial charge < -0.3 is 19.9 Å². The van der Waals surface area contributed by atoms with Gasteiger partial charge in [-0.1, -0.05) is 12.1 Å². The predicted molar refractivity (Wildman–Crippen MR) is 79.5 cm³/mol. The van der Waals surface area contributed by atoms with Crippen LogP contribution in [0.2, 0.25) is 0 Å². The Morgan fingerprint density at radius 1 is 1.52 bits per heavy atom. The molecule has 2 heterocycles. The van der Waals surface area contributed by atoms with Gasteiger partial charge >= 0.3 is 0 Å². The number of hydrogen-bond acceptors (Lipinski definition) is 4. The van der Waals surface area contributed by atoms with Crippen molar-refractivity contribution in [2.75, 3.05) is 19.0 Å². The lowest BCUT2D eigenvalue weighted by Gasteiger charge is -2.17. The lowest BCUT2D eigenvalue weighted by molar-refractivity contribution is 0.0941. The van der Waals surface area contributed by atoms with Crippen molar-refractivity contribution in [2.45, 2.75) is 19.5 Å². The predicted octanol–water partition coefficient (Wildman–Crippen LogP) is 1.64. The van der Waals surface area contributed by atoms with Gasteiger partial charge in [0.25, 0.3) is 5.91 Å². The number of hydrogen-bond donors (Lipinski definition) is 2. The molecule has 2 aromatic rings. The molecule has 6 nitrogen and oxygen atoms in total. The number of nitrogens with zero attached hydrogens (tertiary/aromatic N) is 2. The molecule has 0 radical (unpaired) electrons. The topological polar surface area (TPSA) is 68.2 Å². The van der Waals surface area contributed by atoms with Crippen LogP contribution in [0.25, 0.3) is 0 Å². The Morgan fingerprint density at radius 3 is 3.29 bits per heavy atom. The summed E-state index contributed by atoms with van der Waals surface area (Å²) < 4.78 is 7.09. The van der Waals surface area contributed by atoms with Gasteiger partial charge in [0.2, 0.25) is 5.95 Å². The van der Waals surface area contributed by atoms with E-state index in [9.17, 15) is 4.79 Å². The van der Waals surface area contributed by atoms with Crippen molar-refractivity contribution < 1.29 is 9.53 Å². The molecule has 2 N–H and O–H groups in total. The van der Waals surface area contributed by atoms with Crippen molar-refractivity contribution in [3.63, 3.8) is 0 Å². The molecule has 0 unspecified atom stereocenters. The number of amides is 1. The molecule has 1 aromatic heterocycles. The SMILES string of the molecule is COc1cccc(CNC(=O)c2cnc3n2CCCN3)c1. The first kappa shape index (κ1) is 13.5. The van der Waals surface area contributed by atoms with Gasteiger partial charge in [-0.25, -0.2) is 4.98 Å². The third-order valence-corrected chi connectivity index (χ3v) is 3.52. The number of nitrogens with one attached hydrogen (secondary N) is 2. The summed E-state index contributed by atoms with van der Waals surface area (Å²) in [6.45, 7) is 2.19. The second-order valence-corrected chi connectivity index (χ2v) is 4.93. The average Bonchev–Trinajstić information content (AvgIpc) is 2.97. The summed E-state index contributed by atoms with van der Waals surface area (Å²) in [6, 6.07) is 7.65. The fourth-order valence-electron chi connectivity index (χ4n) is 2.42. The fraction of sp³-hybridized carbons (Fsp3) is 0.333. The van der Waals surface area contributed by atoms with Crippen molar-refractivity contribution in [3.05, 3.63) is 41.7 Å². The van der Waals surface area contributed by atoms with E-state index < -0.39 is 0 Å². The van der Waals surface area contributed by atoms with Crippen LogP contribution in [-0.4, -0.2) is 29.1 Å². The van der Waals surface area contributed by atoms with Gasteiger partial charge in [0.1, 0.15) is 11.4 Å². The quantitative estimate of drug-likeness (QED) is 0.896. The van der Waals surface area contributed by atoms with Crippen molar-refractivity contribution in [1.29, 1.82) is 0 Å². The number of anilines is 1. The molecule has 0 spiro atoms. The smallest absolute Gasteiger partial charge is 0.269 e. The van der Waals surface area contributed by atoms with Gasteiger partial charge in [0, 0.05) is 19.6 Å². The van der Waals surface area contributed by atoms with Crippen LogP contribution in [0.3, 0.4) is 0 Å². The summed E-state index contributed by atoms with van der Waals surface area (Å²) >= 11 is 0. The fourth-order valence-corrected chi connectivity index (χ4v) is 2.42. The maximum Gasteiger partial charge on any atom is 0.269 e. The van der Waals surface area contributed by atoms with E-state index in [1.54, 1.807) is 13.3 Å². The van der Waals surface area contributed by atoms with Gasteiger partial charge in [-0.05, 0) is 24.1 Å². The number of rotatable bonds is 4. The van der Waals surface area contributed by atoms with Crippen molar-refractivity contribution in [2.24, 2.45) is 0 Å². The van der Waals surface area contributed by atoms with E-state index in [1.165, 1.54) is 0 Å². The number of fused-ring (bicyclic) bond motifs is 1. The maximum absolute atomic E-state index is 12.3. The van der Waals surface area contributed by atoms with Gasteiger partial charge in [-0.15, -0.1) is 0 Å². The highest BCUT2D eigenvalue weighted by Gasteiger charge is 2.18. The molecule has 6 heteroatoms. The van der Waals surface area contributed by atoms with Crippen LogP contribution in [0, 0.1) is 0 Å². The molecular formula is C15H18N4O2. The average molecular weight is 286 g/mol. The van der Waals surface area contributed by atoms with E-state index in [0.29, 0.717) is 12.2 Å². The zero-order valence-corrected chi connectivity index (χ0v) is 11.9. The van der Waals surface area contributed by atoms with E-state index in [-0.39, 0.29) is 5.91 Å². The van der Waals surface area contributed by atoms with Crippen LogP contribution >= 0.6 is 0 Å². The molecule has 0 aliphatic carbocycles. The summed E-state index contributed by atoms with van der Waals surface area (Å²) in [6.07, 6.45) is 2.62. The van der Waals surface area contributed by atoms with Crippen LogP contribution in [0.15, 0.2) is 30.5 Å².